The Kier molecular flexibility index (Phi) is 5.83. The Morgan fingerprint density at radius 3 is 2.57 bits per heavy atom. The van der Waals surface area contributed by atoms with Crippen LogP contribution < -0.4 is 0 Å². The minimum Gasteiger partial charge on any atom is -0.394 e. The third-order valence-electron chi connectivity index (χ3n) is 1.66. The Hall–Kier alpha value is -1.13. The molecule has 0 aliphatic rings. The smallest absolute Gasteiger partial charge is 0.117 e. The van der Waals surface area contributed by atoms with E-state index in [2.05, 4.69) is 13.2 Å². The highest BCUT2D eigenvalue weighted by Gasteiger charge is 2.08. The van der Waals surface area contributed by atoms with Crippen molar-refractivity contribution in [1.82, 2.24) is 4.90 Å². The number of hydrogen-bond donors (Lipinski definition) is 2. The van der Waals surface area contributed by atoms with Crippen LogP contribution in [0.15, 0.2) is 37.0 Å². The van der Waals surface area contributed by atoms with Crippen molar-refractivity contribution in [3.8, 4) is 0 Å². The molecule has 4 heteroatoms. The average molecular weight is 201 g/mol. The van der Waals surface area contributed by atoms with Crippen LogP contribution in [0.4, 0.5) is 4.39 Å². The molecule has 0 aliphatic heterocycles. The third kappa shape index (κ3) is 4.79. The molecular formula is C10H16FNO2. The predicted octanol–water partition coefficient (Wildman–Crippen LogP) is 1.17. The molecule has 0 aromatic heterocycles. The average Bonchev–Trinajstić information content (AvgIpc) is 2.12. The maximum atomic E-state index is 12.4. The quantitative estimate of drug-likeness (QED) is 0.634. The van der Waals surface area contributed by atoms with Gasteiger partial charge in [0.05, 0.1) is 19.3 Å². The van der Waals surface area contributed by atoms with Crippen molar-refractivity contribution in [2.75, 3.05) is 13.2 Å². The number of hydrogen-bond acceptors (Lipinski definition) is 3. The van der Waals surface area contributed by atoms with Gasteiger partial charge >= 0.3 is 0 Å². The lowest BCUT2D eigenvalue weighted by atomic mass is 10.3. The van der Waals surface area contributed by atoms with E-state index in [9.17, 15) is 4.39 Å². The van der Waals surface area contributed by atoms with Crippen molar-refractivity contribution in [2.45, 2.75) is 13.0 Å². The van der Waals surface area contributed by atoms with E-state index < -0.39 is 11.9 Å². The first-order valence-electron chi connectivity index (χ1n) is 4.22. The van der Waals surface area contributed by atoms with Crippen molar-refractivity contribution < 1.29 is 14.6 Å². The first-order chi connectivity index (χ1) is 6.51. The Bertz CT molecular complexity index is 238. The van der Waals surface area contributed by atoms with Crippen molar-refractivity contribution >= 4 is 0 Å². The van der Waals surface area contributed by atoms with Gasteiger partial charge in [0.1, 0.15) is 5.83 Å². The molecular weight excluding hydrogens is 185 g/mol. The van der Waals surface area contributed by atoms with Gasteiger partial charge in [-0.25, -0.2) is 4.39 Å². The number of aliphatic hydroxyl groups is 2. The van der Waals surface area contributed by atoms with Gasteiger partial charge in [-0.3, -0.25) is 0 Å². The highest BCUT2D eigenvalue weighted by atomic mass is 19.1. The molecule has 2 N–H and O–H groups in total. The van der Waals surface area contributed by atoms with E-state index >= 15 is 0 Å². The predicted molar refractivity (Wildman–Crippen MR) is 54.0 cm³/mol. The Morgan fingerprint density at radius 1 is 1.64 bits per heavy atom. The third-order valence-corrected chi connectivity index (χ3v) is 1.66. The molecule has 14 heavy (non-hydrogen) atoms. The molecule has 1 unspecified atom stereocenters. The SMILES string of the molecule is C=CN(CC(O)CO)/C(C)=C/C(=C)F. The minimum atomic E-state index is -0.871. The van der Waals surface area contributed by atoms with Crippen molar-refractivity contribution in [3.63, 3.8) is 0 Å². The van der Waals surface area contributed by atoms with E-state index in [1.54, 1.807) is 6.92 Å². The highest BCUT2D eigenvalue weighted by molar-refractivity contribution is 5.14. The molecule has 0 saturated heterocycles. The van der Waals surface area contributed by atoms with E-state index in [4.69, 9.17) is 10.2 Å². The van der Waals surface area contributed by atoms with Crippen LogP contribution in [0.1, 0.15) is 6.92 Å². The first kappa shape index (κ1) is 12.9. The van der Waals surface area contributed by atoms with Crippen LogP contribution in [0.25, 0.3) is 0 Å². The standard InChI is InChI=1S/C10H16FNO2/c1-4-12(6-10(14)7-13)9(3)5-8(2)11/h4-5,10,13-14H,1-2,6-7H2,3H3/b9-5+. The largest absolute Gasteiger partial charge is 0.394 e. The summed E-state index contributed by atoms with van der Waals surface area (Å²) in [6.45, 7) is 8.11. The van der Waals surface area contributed by atoms with Crippen molar-refractivity contribution in [1.29, 1.82) is 0 Å². The van der Waals surface area contributed by atoms with E-state index in [-0.39, 0.29) is 13.2 Å². The lowest BCUT2D eigenvalue weighted by Gasteiger charge is -2.22. The highest BCUT2D eigenvalue weighted by Crippen LogP contribution is 2.08. The van der Waals surface area contributed by atoms with Gasteiger partial charge in [0.25, 0.3) is 0 Å². The van der Waals surface area contributed by atoms with Gasteiger partial charge in [0.2, 0.25) is 0 Å². The topological polar surface area (TPSA) is 43.7 Å². The molecule has 1 atom stereocenters. The van der Waals surface area contributed by atoms with Crippen LogP contribution in [0.2, 0.25) is 0 Å². The first-order valence-corrected chi connectivity index (χ1v) is 4.22. The van der Waals surface area contributed by atoms with Crippen LogP contribution in [0.3, 0.4) is 0 Å². The molecule has 3 nitrogen and oxygen atoms in total. The lowest BCUT2D eigenvalue weighted by molar-refractivity contribution is 0.0782. The Labute approximate surface area is 83.5 Å². The summed E-state index contributed by atoms with van der Waals surface area (Å²) in [5.41, 5.74) is 0.569. The maximum absolute atomic E-state index is 12.4. The summed E-state index contributed by atoms with van der Waals surface area (Å²) in [6.07, 6.45) is 1.81. The summed E-state index contributed by atoms with van der Waals surface area (Å²) in [4.78, 5) is 1.53. The zero-order valence-electron chi connectivity index (χ0n) is 8.28. The number of rotatable bonds is 6. The second-order valence-corrected chi connectivity index (χ2v) is 2.90. The summed E-state index contributed by atoms with van der Waals surface area (Å²) in [6, 6.07) is 0. The fourth-order valence-electron chi connectivity index (χ4n) is 0.957. The maximum Gasteiger partial charge on any atom is 0.117 e. The number of aliphatic hydroxyl groups excluding tert-OH is 2. The molecule has 0 aliphatic carbocycles. The molecule has 0 amide bonds. The van der Waals surface area contributed by atoms with Crippen molar-refractivity contribution in [2.24, 2.45) is 0 Å². The van der Waals surface area contributed by atoms with E-state index in [0.717, 1.165) is 0 Å². The molecule has 0 radical (unpaired) electrons. The number of nitrogens with zero attached hydrogens (tertiary/aromatic N) is 1. The molecule has 80 valence electrons. The monoisotopic (exact) mass is 201 g/mol. The second kappa shape index (κ2) is 6.34. The van der Waals surface area contributed by atoms with Crippen molar-refractivity contribution in [3.05, 3.63) is 37.0 Å². The summed E-state index contributed by atoms with van der Waals surface area (Å²) >= 11 is 0. The van der Waals surface area contributed by atoms with E-state index in [1.165, 1.54) is 17.2 Å². The second-order valence-electron chi connectivity index (χ2n) is 2.90. The lowest BCUT2D eigenvalue weighted by Crippen LogP contribution is -2.29. The van der Waals surface area contributed by atoms with Gasteiger partial charge in [-0.15, -0.1) is 0 Å². The van der Waals surface area contributed by atoms with Gasteiger partial charge in [-0.2, -0.15) is 0 Å². The van der Waals surface area contributed by atoms with Crippen LogP contribution in [0, 0.1) is 0 Å². The van der Waals surface area contributed by atoms with E-state index in [0.29, 0.717) is 5.70 Å². The molecule has 0 heterocycles. The van der Waals surface area contributed by atoms with Gasteiger partial charge in [-0.05, 0) is 19.2 Å². The normalized spacial score (nSPS) is 13.6. The Morgan fingerprint density at radius 2 is 2.21 bits per heavy atom. The molecule has 0 fully saturated rings. The summed E-state index contributed by atoms with van der Waals surface area (Å²) in [5.74, 6) is -0.562. The summed E-state index contributed by atoms with van der Waals surface area (Å²) in [5, 5.41) is 17.8. The van der Waals surface area contributed by atoms with Crippen LogP contribution in [-0.2, 0) is 0 Å². The van der Waals surface area contributed by atoms with Crippen LogP contribution >= 0.6 is 0 Å². The number of halogens is 1. The fourth-order valence-corrected chi connectivity index (χ4v) is 0.957. The number of allylic oxidation sites excluding steroid dienone is 3. The summed E-state index contributed by atoms with van der Waals surface area (Å²) < 4.78 is 12.4. The molecule has 0 saturated carbocycles. The fraction of sp³-hybridized carbons (Fsp3) is 0.400. The Balaban J connectivity index is 4.40. The summed E-state index contributed by atoms with van der Waals surface area (Å²) in [7, 11) is 0. The van der Waals surface area contributed by atoms with Crippen LogP contribution in [-0.4, -0.2) is 34.4 Å². The van der Waals surface area contributed by atoms with Gasteiger partial charge < -0.3 is 15.1 Å². The molecule has 0 aromatic carbocycles. The molecule has 0 rings (SSSR count). The zero-order chi connectivity index (χ0) is 11.1. The molecule has 0 spiro atoms. The minimum absolute atomic E-state index is 0.176. The molecule has 0 aromatic rings. The van der Waals surface area contributed by atoms with Gasteiger partial charge in [0.15, 0.2) is 0 Å². The van der Waals surface area contributed by atoms with E-state index in [1.807, 2.05) is 0 Å². The zero-order valence-corrected chi connectivity index (χ0v) is 8.28. The van der Waals surface area contributed by atoms with Gasteiger partial charge in [0, 0.05) is 5.70 Å². The van der Waals surface area contributed by atoms with Gasteiger partial charge in [-0.1, -0.05) is 13.2 Å². The molecule has 0 bridgehead atoms. The van der Waals surface area contributed by atoms with Crippen LogP contribution in [0.5, 0.6) is 0 Å².